The number of nitrogens with zero attached hydrogens (tertiary/aromatic N) is 4. The second-order valence-corrected chi connectivity index (χ2v) is 16.3. The number of carbonyl (C=O) groups is 4. The molecule has 7 atom stereocenters. The maximum atomic E-state index is 14.1. The molecular formula is C44H52N8O7. The van der Waals surface area contributed by atoms with Gasteiger partial charge in [-0.2, -0.15) is 0 Å². The highest BCUT2D eigenvalue weighted by Crippen LogP contribution is 2.50. The molecule has 1 unspecified atom stereocenters. The maximum absolute atomic E-state index is 14.1. The molecule has 1 aliphatic carbocycles. The van der Waals surface area contributed by atoms with Crippen LogP contribution in [-0.4, -0.2) is 106 Å². The van der Waals surface area contributed by atoms with Crippen molar-refractivity contribution in [3.8, 4) is 22.4 Å². The second kappa shape index (κ2) is 16.4. The number of aromatic nitrogens is 4. The third-order valence-corrected chi connectivity index (χ3v) is 12.5. The summed E-state index contributed by atoms with van der Waals surface area (Å²) in [6, 6.07) is 16.8. The standard InChI is InChI=1S/C44H52N8O7/c1-23(2)35(49-43(55)58-5)41(53)51-19-7-8-34(51)39-45-22-33(47-39)26-11-9-25(10-12-26)27-14-17-31-28(20-27)15-18-32-37(31)48-40(46-32)38-29-13-16-30(21-29)52(38)42(54)36(24(3)57-4)50-44(56)59-6/h9-12,14-15,17-18,20,22-24,29-30,34-36,38H,7-8,13,16,19,21H2,1-6H3,(H,45,47)(H,46,48)(H,49,55)(H,50,56)/t24-,29+,30-,34+,35+,36?,38+/m1/s1. The predicted molar refractivity (Wildman–Crippen MR) is 221 cm³/mol. The summed E-state index contributed by atoms with van der Waals surface area (Å²) in [7, 11) is 4.09. The van der Waals surface area contributed by atoms with E-state index in [1.54, 1.807) is 13.1 Å². The average molecular weight is 805 g/mol. The van der Waals surface area contributed by atoms with Crippen molar-refractivity contribution in [3.63, 3.8) is 0 Å². The first-order chi connectivity index (χ1) is 28.5. The number of aromatic amines is 2. The normalized spacial score (nSPS) is 21.5. The predicted octanol–water partition coefficient (Wildman–Crippen LogP) is 6.63. The number of methoxy groups -OCH3 is 3. The van der Waals surface area contributed by atoms with Crippen LogP contribution in [0.3, 0.4) is 0 Å². The van der Waals surface area contributed by atoms with Crippen molar-refractivity contribution in [3.05, 3.63) is 72.4 Å². The van der Waals surface area contributed by atoms with Gasteiger partial charge in [0.1, 0.15) is 23.7 Å². The first kappa shape index (κ1) is 39.8. The molecule has 4 heterocycles. The Bertz CT molecular complexity index is 2370. The summed E-state index contributed by atoms with van der Waals surface area (Å²) in [5.74, 6) is 1.28. The van der Waals surface area contributed by atoms with Gasteiger partial charge < -0.3 is 44.6 Å². The van der Waals surface area contributed by atoms with E-state index in [1.165, 1.54) is 21.3 Å². The highest BCUT2D eigenvalue weighted by atomic mass is 16.5. The van der Waals surface area contributed by atoms with Crippen molar-refractivity contribution < 1.29 is 33.4 Å². The maximum Gasteiger partial charge on any atom is 0.407 e. The third kappa shape index (κ3) is 7.47. The smallest absolute Gasteiger partial charge is 0.407 e. The molecular weight excluding hydrogens is 753 g/mol. The highest BCUT2D eigenvalue weighted by molar-refractivity contribution is 6.05. The molecule has 8 rings (SSSR count). The number of H-pyrrole nitrogens is 2. The van der Waals surface area contributed by atoms with Gasteiger partial charge in [-0.15, -0.1) is 0 Å². The lowest BCUT2D eigenvalue weighted by Crippen LogP contribution is -2.56. The van der Waals surface area contributed by atoms with E-state index in [9.17, 15) is 19.2 Å². The van der Waals surface area contributed by atoms with Gasteiger partial charge in [-0.05, 0) is 85.1 Å². The molecule has 1 saturated carbocycles. The van der Waals surface area contributed by atoms with Crippen LogP contribution >= 0.6 is 0 Å². The number of benzene rings is 3. The van der Waals surface area contributed by atoms with Crippen LogP contribution < -0.4 is 10.6 Å². The fourth-order valence-corrected chi connectivity index (χ4v) is 9.36. The number of piperidine rings is 1. The molecule has 5 aromatic rings. The Morgan fingerprint density at radius 1 is 0.797 bits per heavy atom. The molecule has 3 fully saturated rings. The summed E-state index contributed by atoms with van der Waals surface area (Å²) in [5.41, 5.74) is 5.70. The fourth-order valence-electron chi connectivity index (χ4n) is 9.36. The van der Waals surface area contributed by atoms with Crippen molar-refractivity contribution in [2.75, 3.05) is 27.9 Å². The van der Waals surface area contributed by atoms with Gasteiger partial charge in [-0.1, -0.05) is 56.3 Å². The van der Waals surface area contributed by atoms with Gasteiger partial charge >= 0.3 is 12.2 Å². The topological polar surface area (TPSA) is 184 Å². The second-order valence-electron chi connectivity index (χ2n) is 16.3. The molecule has 3 aliphatic rings. The Balaban J connectivity index is 1.00. The highest BCUT2D eigenvalue weighted by Gasteiger charge is 2.52. The van der Waals surface area contributed by atoms with Gasteiger partial charge in [0, 0.05) is 25.1 Å². The van der Waals surface area contributed by atoms with Crippen molar-refractivity contribution >= 4 is 45.8 Å². The van der Waals surface area contributed by atoms with Gasteiger partial charge in [0.15, 0.2) is 0 Å². The minimum absolute atomic E-state index is 0.0619. The van der Waals surface area contributed by atoms with E-state index in [2.05, 4.69) is 69.1 Å². The van der Waals surface area contributed by atoms with Crippen LogP contribution in [-0.2, 0) is 23.8 Å². The van der Waals surface area contributed by atoms with Crippen LogP contribution in [0.4, 0.5) is 9.59 Å². The van der Waals surface area contributed by atoms with E-state index in [4.69, 9.17) is 24.2 Å². The number of rotatable bonds is 11. The first-order valence-corrected chi connectivity index (χ1v) is 20.4. The number of imidazole rings is 2. The number of alkyl carbamates (subject to hydrolysis) is 2. The number of nitrogens with one attached hydrogen (secondary N) is 4. The summed E-state index contributed by atoms with van der Waals surface area (Å²) in [4.78, 5) is 72.5. The molecule has 4 amide bonds. The molecule has 2 aliphatic heterocycles. The van der Waals surface area contributed by atoms with Crippen LogP contribution in [0.5, 0.6) is 0 Å². The van der Waals surface area contributed by atoms with Crippen molar-refractivity contribution in [2.45, 2.75) is 89.2 Å². The quantitative estimate of drug-likeness (QED) is 0.114. The van der Waals surface area contributed by atoms with Crippen LogP contribution in [0.2, 0.25) is 0 Å². The van der Waals surface area contributed by atoms with Gasteiger partial charge in [0.05, 0.1) is 55.3 Å². The van der Waals surface area contributed by atoms with Gasteiger partial charge in [-0.3, -0.25) is 9.59 Å². The molecule has 0 radical (unpaired) electrons. The zero-order valence-corrected chi connectivity index (χ0v) is 34.3. The van der Waals surface area contributed by atoms with Gasteiger partial charge in [0.2, 0.25) is 11.8 Å². The zero-order chi connectivity index (χ0) is 41.5. The lowest BCUT2D eigenvalue weighted by molar-refractivity contribution is -0.141. The van der Waals surface area contributed by atoms with E-state index >= 15 is 0 Å². The van der Waals surface area contributed by atoms with E-state index in [-0.39, 0.29) is 41.8 Å². The molecule has 4 N–H and O–H groups in total. The van der Waals surface area contributed by atoms with Gasteiger partial charge in [0.25, 0.3) is 0 Å². The van der Waals surface area contributed by atoms with Crippen LogP contribution in [0, 0.1) is 11.8 Å². The van der Waals surface area contributed by atoms with Crippen molar-refractivity contribution in [2.24, 2.45) is 11.8 Å². The number of likely N-dealkylation sites (tertiary alicyclic amines) is 2. The Kier molecular flexibility index (Phi) is 11.0. The molecule has 59 heavy (non-hydrogen) atoms. The molecule has 310 valence electrons. The monoisotopic (exact) mass is 804 g/mol. The van der Waals surface area contributed by atoms with Gasteiger partial charge in [-0.25, -0.2) is 19.6 Å². The number of hydrogen-bond acceptors (Lipinski definition) is 9. The molecule has 2 aromatic heterocycles. The molecule has 15 heteroatoms. The third-order valence-electron chi connectivity index (χ3n) is 12.5. The molecule has 15 nitrogen and oxygen atoms in total. The fraction of sp³-hybridized carbons (Fsp3) is 0.455. The minimum Gasteiger partial charge on any atom is -0.453 e. The SMILES string of the molecule is COC(=O)NC(C(=O)N1[C@@H]2CC[C@@H](C2)[C@H]1c1nc2ccc3cc(-c4ccc(-c5cnc([C@@H]6CCCN6C(=O)[C@@H](NC(=O)OC)C(C)C)[nH]5)cc4)ccc3c2[nH]1)[C@@H](C)OC. The largest absolute Gasteiger partial charge is 0.453 e. The summed E-state index contributed by atoms with van der Waals surface area (Å²) >= 11 is 0. The van der Waals surface area contributed by atoms with Crippen LogP contribution in [0.15, 0.2) is 60.8 Å². The van der Waals surface area contributed by atoms with E-state index < -0.39 is 30.4 Å². The molecule has 3 aromatic carbocycles. The Morgan fingerprint density at radius 2 is 1.51 bits per heavy atom. The summed E-state index contributed by atoms with van der Waals surface area (Å²) in [6.07, 6.45) is 4.37. The molecule has 2 bridgehead atoms. The lowest BCUT2D eigenvalue weighted by atomic mass is 9.97. The summed E-state index contributed by atoms with van der Waals surface area (Å²) in [6.45, 7) is 6.16. The van der Waals surface area contributed by atoms with Crippen molar-refractivity contribution in [1.29, 1.82) is 0 Å². The van der Waals surface area contributed by atoms with E-state index in [0.717, 1.165) is 87.9 Å². The number of ether oxygens (including phenoxy) is 3. The Morgan fingerprint density at radius 3 is 2.22 bits per heavy atom. The lowest BCUT2D eigenvalue weighted by Gasteiger charge is -2.37. The van der Waals surface area contributed by atoms with Crippen LogP contribution in [0.25, 0.3) is 44.2 Å². The number of hydrogen-bond donors (Lipinski definition) is 4. The van der Waals surface area contributed by atoms with Crippen molar-refractivity contribution in [1.82, 2.24) is 40.4 Å². The van der Waals surface area contributed by atoms with E-state index in [0.29, 0.717) is 6.54 Å². The summed E-state index contributed by atoms with van der Waals surface area (Å²) < 4.78 is 15.1. The Labute approximate surface area is 342 Å². The summed E-state index contributed by atoms with van der Waals surface area (Å²) in [5, 5.41) is 7.49. The first-order valence-electron chi connectivity index (χ1n) is 20.4. The van der Waals surface area contributed by atoms with E-state index in [1.807, 2.05) is 29.7 Å². The molecule has 0 spiro atoms. The van der Waals surface area contributed by atoms with Crippen LogP contribution in [0.1, 0.15) is 76.6 Å². The average Bonchev–Trinajstić information content (AvgIpc) is 4.11. The number of amides is 4. The Hall–Kier alpha value is -5.96. The number of fused-ring (bicyclic) bond motifs is 5. The zero-order valence-electron chi connectivity index (χ0n) is 34.3. The minimum atomic E-state index is -0.897. The molecule has 2 saturated heterocycles. The number of carbonyl (C=O) groups excluding carboxylic acids is 4.